The molecule has 0 radical (unpaired) electrons. The van der Waals surface area contributed by atoms with Crippen LogP contribution < -0.4 is 4.90 Å². The third-order valence-electron chi connectivity index (χ3n) is 3.62. The van der Waals surface area contributed by atoms with E-state index in [1.807, 2.05) is 30.2 Å². The predicted octanol–water partition coefficient (Wildman–Crippen LogP) is 4.95. The van der Waals surface area contributed by atoms with Crippen LogP contribution in [0.25, 0.3) is 0 Å². The molecule has 2 aliphatic rings. The Bertz CT molecular complexity index is 733. The van der Waals surface area contributed by atoms with Gasteiger partial charge in [0.05, 0.1) is 5.69 Å². The van der Waals surface area contributed by atoms with E-state index in [9.17, 15) is 0 Å². The van der Waals surface area contributed by atoms with Gasteiger partial charge in [-0.1, -0.05) is 41.6 Å². The van der Waals surface area contributed by atoms with Crippen molar-refractivity contribution in [1.29, 1.82) is 0 Å². The van der Waals surface area contributed by atoms with Crippen LogP contribution in [0.3, 0.4) is 0 Å². The molecule has 0 bridgehead atoms. The molecule has 22 heavy (non-hydrogen) atoms. The summed E-state index contributed by atoms with van der Waals surface area (Å²) in [7, 11) is 0. The molecule has 6 heteroatoms. The van der Waals surface area contributed by atoms with Gasteiger partial charge in [-0.25, -0.2) is 4.41 Å². The van der Waals surface area contributed by atoms with Gasteiger partial charge >= 0.3 is 0 Å². The summed E-state index contributed by atoms with van der Waals surface area (Å²) in [6, 6.07) is 14.6. The summed E-state index contributed by atoms with van der Waals surface area (Å²) in [4.78, 5) is 3.56. The van der Waals surface area contributed by atoms with Crippen molar-refractivity contribution >= 4 is 47.3 Å². The van der Waals surface area contributed by atoms with Crippen molar-refractivity contribution in [1.82, 2.24) is 4.41 Å². The SMILES string of the molecule is Cc1ccc2c(c1)N1C=NN(SCc3ccc(Cl)cc3)C1S2. The van der Waals surface area contributed by atoms with Crippen LogP contribution in [0.4, 0.5) is 5.69 Å². The number of nitrogens with zero attached hydrogens (tertiary/aromatic N) is 3. The zero-order valence-corrected chi connectivity index (χ0v) is 14.3. The van der Waals surface area contributed by atoms with Crippen LogP contribution in [-0.4, -0.2) is 16.3 Å². The van der Waals surface area contributed by atoms with Crippen LogP contribution in [0.1, 0.15) is 11.1 Å². The molecule has 2 aliphatic heterocycles. The second-order valence-electron chi connectivity index (χ2n) is 5.26. The zero-order chi connectivity index (χ0) is 15.1. The van der Waals surface area contributed by atoms with E-state index >= 15 is 0 Å². The van der Waals surface area contributed by atoms with Gasteiger partial charge in [0, 0.05) is 15.7 Å². The quantitative estimate of drug-likeness (QED) is 0.731. The van der Waals surface area contributed by atoms with Crippen LogP contribution in [0, 0.1) is 6.92 Å². The third-order valence-corrected chi connectivity index (χ3v) is 6.26. The van der Waals surface area contributed by atoms with E-state index in [0.717, 1.165) is 10.8 Å². The standard InChI is InChI=1S/C16H14ClN3S2/c1-11-2-7-15-14(8-11)19-10-18-20(16(19)22-15)21-9-12-3-5-13(17)6-4-12/h2-8,10,16H,9H2,1H3. The Morgan fingerprint density at radius 1 is 1.23 bits per heavy atom. The molecule has 2 aromatic carbocycles. The zero-order valence-electron chi connectivity index (χ0n) is 11.9. The van der Waals surface area contributed by atoms with Crippen molar-refractivity contribution < 1.29 is 0 Å². The average Bonchev–Trinajstić information content (AvgIpc) is 3.06. The summed E-state index contributed by atoms with van der Waals surface area (Å²) in [5, 5.41) is 5.31. The highest BCUT2D eigenvalue weighted by Crippen LogP contribution is 2.48. The largest absolute Gasteiger partial charge is 0.297 e. The first-order valence-electron chi connectivity index (χ1n) is 6.97. The molecule has 0 fully saturated rings. The molecule has 4 rings (SSSR count). The first-order chi connectivity index (χ1) is 10.7. The van der Waals surface area contributed by atoms with E-state index in [0.29, 0.717) is 0 Å². The van der Waals surface area contributed by atoms with Gasteiger partial charge in [-0.2, -0.15) is 5.10 Å². The summed E-state index contributed by atoms with van der Waals surface area (Å²) in [6.07, 6.45) is 1.93. The van der Waals surface area contributed by atoms with Gasteiger partial charge in [-0.15, -0.1) is 0 Å². The van der Waals surface area contributed by atoms with Crippen molar-refractivity contribution in [2.45, 2.75) is 23.1 Å². The molecule has 112 valence electrons. The number of hydrogen-bond donors (Lipinski definition) is 0. The van der Waals surface area contributed by atoms with Crippen molar-refractivity contribution in [2.75, 3.05) is 4.90 Å². The molecule has 3 nitrogen and oxygen atoms in total. The van der Waals surface area contributed by atoms with Gasteiger partial charge in [-0.05, 0) is 54.3 Å². The lowest BCUT2D eigenvalue weighted by molar-refractivity contribution is 0.521. The molecule has 0 saturated carbocycles. The van der Waals surface area contributed by atoms with Gasteiger partial charge < -0.3 is 0 Å². The van der Waals surface area contributed by atoms with Gasteiger partial charge in [0.25, 0.3) is 0 Å². The smallest absolute Gasteiger partial charge is 0.187 e. The maximum Gasteiger partial charge on any atom is 0.187 e. The minimum absolute atomic E-state index is 0.217. The van der Waals surface area contributed by atoms with E-state index < -0.39 is 0 Å². The maximum atomic E-state index is 5.93. The van der Waals surface area contributed by atoms with Crippen molar-refractivity contribution in [2.24, 2.45) is 5.10 Å². The molecule has 0 N–H and O–H groups in total. The van der Waals surface area contributed by atoms with Crippen LogP contribution in [-0.2, 0) is 5.75 Å². The molecule has 1 unspecified atom stereocenters. The highest BCUT2D eigenvalue weighted by molar-refractivity contribution is 8.02. The molecular formula is C16H14ClN3S2. The monoisotopic (exact) mass is 347 g/mol. The summed E-state index contributed by atoms with van der Waals surface area (Å²) >= 11 is 9.50. The van der Waals surface area contributed by atoms with Crippen molar-refractivity contribution in [3.63, 3.8) is 0 Å². The predicted molar refractivity (Wildman–Crippen MR) is 96.4 cm³/mol. The second-order valence-corrected chi connectivity index (χ2v) is 7.71. The fourth-order valence-corrected chi connectivity index (χ4v) is 4.81. The lowest BCUT2D eigenvalue weighted by Gasteiger charge is -2.22. The Balaban J connectivity index is 1.46. The van der Waals surface area contributed by atoms with E-state index in [2.05, 4.69) is 51.7 Å². The average molecular weight is 348 g/mol. The summed E-state index contributed by atoms with van der Waals surface area (Å²) < 4.78 is 2.08. The van der Waals surface area contributed by atoms with Crippen LogP contribution >= 0.6 is 35.3 Å². The van der Waals surface area contributed by atoms with Crippen molar-refractivity contribution in [3.05, 3.63) is 58.6 Å². The molecule has 2 heterocycles. The number of rotatable bonds is 3. The fourth-order valence-electron chi connectivity index (χ4n) is 2.47. The number of hydrogen-bond acceptors (Lipinski definition) is 5. The topological polar surface area (TPSA) is 18.8 Å². The lowest BCUT2D eigenvalue weighted by Crippen LogP contribution is -2.30. The molecule has 0 saturated heterocycles. The molecule has 2 aromatic rings. The Labute approximate surface area is 143 Å². The summed E-state index contributed by atoms with van der Waals surface area (Å²) in [6.45, 7) is 2.12. The lowest BCUT2D eigenvalue weighted by atomic mass is 10.2. The minimum atomic E-state index is 0.217. The maximum absolute atomic E-state index is 5.93. The van der Waals surface area contributed by atoms with Crippen LogP contribution in [0.2, 0.25) is 5.02 Å². The molecule has 0 spiro atoms. The number of halogens is 1. The Morgan fingerprint density at radius 2 is 2.05 bits per heavy atom. The summed E-state index contributed by atoms with van der Waals surface area (Å²) in [5.74, 6) is 0.884. The van der Waals surface area contributed by atoms with Crippen LogP contribution in [0.5, 0.6) is 0 Å². The molecule has 1 atom stereocenters. The van der Waals surface area contributed by atoms with Crippen LogP contribution in [0.15, 0.2) is 52.5 Å². The molecular weight excluding hydrogens is 334 g/mol. The number of aryl methyl sites for hydroxylation is 1. The first-order valence-corrected chi connectivity index (χ1v) is 9.17. The summed E-state index contributed by atoms with van der Waals surface area (Å²) in [5.41, 5.74) is 4.00. The van der Waals surface area contributed by atoms with E-state index in [-0.39, 0.29) is 5.50 Å². The number of anilines is 1. The van der Waals surface area contributed by atoms with E-state index in [1.54, 1.807) is 11.9 Å². The van der Waals surface area contributed by atoms with Gasteiger partial charge in [0.2, 0.25) is 0 Å². The number of benzene rings is 2. The molecule has 0 aliphatic carbocycles. The second kappa shape index (κ2) is 5.72. The normalized spacial score (nSPS) is 18.7. The van der Waals surface area contributed by atoms with Gasteiger partial charge in [0.15, 0.2) is 5.50 Å². The number of hydrazone groups is 1. The highest BCUT2D eigenvalue weighted by Gasteiger charge is 2.37. The fraction of sp³-hybridized carbons (Fsp3) is 0.188. The number of fused-ring (bicyclic) bond motifs is 3. The van der Waals surface area contributed by atoms with Crippen molar-refractivity contribution in [3.8, 4) is 0 Å². The van der Waals surface area contributed by atoms with Gasteiger partial charge in [0.1, 0.15) is 6.34 Å². The molecule has 0 aromatic heterocycles. The highest BCUT2D eigenvalue weighted by atomic mass is 35.5. The first kappa shape index (κ1) is 14.3. The minimum Gasteiger partial charge on any atom is -0.297 e. The van der Waals surface area contributed by atoms with Gasteiger partial charge in [-0.3, -0.25) is 4.90 Å². The van der Waals surface area contributed by atoms with E-state index in [4.69, 9.17) is 11.6 Å². The van der Waals surface area contributed by atoms with E-state index in [1.165, 1.54) is 21.7 Å². The third kappa shape index (κ3) is 2.57. The molecule has 0 amide bonds. The number of thioether (sulfide) groups is 1. The Kier molecular flexibility index (Phi) is 3.72. The Morgan fingerprint density at radius 3 is 2.86 bits per heavy atom. The Hall–Kier alpha value is -1.30.